The minimum atomic E-state index is -0.225. The Morgan fingerprint density at radius 3 is 2.55 bits per heavy atom. The number of nitrogens with zero attached hydrogens (tertiary/aromatic N) is 2. The van der Waals surface area contributed by atoms with Crippen molar-refractivity contribution in [2.45, 2.75) is 38.0 Å². The number of aliphatic hydroxyl groups is 1. The van der Waals surface area contributed by atoms with Gasteiger partial charge in [0.15, 0.2) is 0 Å². The minimum Gasteiger partial charge on any atom is -0.391 e. The van der Waals surface area contributed by atoms with E-state index in [0.29, 0.717) is 6.04 Å². The molecule has 1 fully saturated rings. The van der Waals surface area contributed by atoms with Gasteiger partial charge >= 0.3 is 0 Å². The molecule has 1 saturated heterocycles. The number of aliphatic hydroxyl groups excluding tert-OH is 1. The number of nitrogens with two attached hydrogens (primary N) is 1. The second-order valence-corrected chi connectivity index (χ2v) is 6.06. The van der Waals surface area contributed by atoms with Gasteiger partial charge in [0.2, 0.25) is 0 Å². The zero-order valence-corrected chi connectivity index (χ0v) is 12.8. The highest BCUT2D eigenvalue weighted by atomic mass is 16.3. The Morgan fingerprint density at radius 1 is 1.35 bits per heavy atom. The van der Waals surface area contributed by atoms with E-state index in [4.69, 9.17) is 5.73 Å². The van der Waals surface area contributed by atoms with Crippen LogP contribution in [0.3, 0.4) is 0 Å². The summed E-state index contributed by atoms with van der Waals surface area (Å²) in [4.78, 5) is 4.49. The van der Waals surface area contributed by atoms with Gasteiger partial charge in [0.1, 0.15) is 0 Å². The highest BCUT2D eigenvalue weighted by Crippen LogP contribution is 2.27. The highest BCUT2D eigenvalue weighted by Gasteiger charge is 2.31. The van der Waals surface area contributed by atoms with E-state index in [2.05, 4.69) is 55.1 Å². The first kappa shape index (κ1) is 15.3. The Hall–Kier alpha value is -1.10. The van der Waals surface area contributed by atoms with Gasteiger partial charge in [-0.25, -0.2) is 0 Å². The zero-order chi connectivity index (χ0) is 14.7. The molecule has 3 unspecified atom stereocenters. The molecule has 4 nitrogen and oxygen atoms in total. The van der Waals surface area contributed by atoms with E-state index in [-0.39, 0.29) is 12.1 Å². The molecule has 0 bridgehead atoms. The van der Waals surface area contributed by atoms with Gasteiger partial charge in [-0.3, -0.25) is 0 Å². The third-order valence-corrected chi connectivity index (χ3v) is 4.06. The third kappa shape index (κ3) is 3.51. The molecule has 0 aromatic heterocycles. The first-order chi connectivity index (χ1) is 9.51. The van der Waals surface area contributed by atoms with Gasteiger partial charge in [-0.2, -0.15) is 0 Å². The Morgan fingerprint density at radius 2 is 2.00 bits per heavy atom. The summed E-state index contributed by atoms with van der Waals surface area (Å²) in [7, 11) is 4.15. The fraction of sp³-hybridized carbons (Fsp3) is 0.625. The van der Waals surface area contributed by atoms with Crippen molar-refractivity contribution in [1.29, 1.82) is 0 Å². The van der Waals surface area contributed by atoms with Crippen LogP contribution in [0, 0.1) is 0 Å². The van der Waals surface area contributed by atoms with Crippen molar-refractivity contribution >= 4 is 5.69 Å². The number of anilines is 1. The maximum atomic E-state index is 9.94. The fourth-order valence-corrected chi connectivity index (χ4v) is 2.95. The molecular weight excluding hydrogens is 250 g/mol. The number of rotatable bonds is 5. The Labute approximate surface area is 122 Å². The van der Waals surface area contributed by atoms with Gasteiger partial charge in [0.05, 0.1) is 6.10 Å². The molecular formula is C16H27N3O. The number of hydrogen-bond acceptors (Lipinski definition) is 4. The van der Waals surface area contributed by atoms with Crippen LogP contribution in [0.2, 0.25) is 0 Å². The maximum Gasteiger partial charge on any atom is 0.0735 e. The summed E-state index contributed by atoms with van der Waals surface area (Å²) in [5.41, 5.74) is 8.41. The standard InChI is InChI=1S/C16H27N3O/c1-4-16(17)12-5-7-13(8-6-12)19-11-15(20)9-14(19)10-18(2)3/h5-8,14-16,20H,4,9-11,17H2,1-3H3. The molecule has 0 spiro atoms. The average Bonchev–Trinajstić information content (AvgIpc) is 2.78. The van der Waals surface area contributed by atoms with E-state index in [9.17, 15) is 5.11 Å². The molecule has 1 aromatic rings. The van der Waals surface area contributed by atoms with Crippen LogP contribution < -0.4 is 10.6 Å². The van der Waals surface area contributed by atoms with Crippen LogP contribution in [0.25, 0.3) is 0 Å². The lowest BCUT2D eigenvalue weighted by molar-refractivity contribution is 0.191. The van der Waals surface area contributed by atoms with Crippen LogP contribution >= 0.6 is 0 Å². The molecule has 1 aliphatic heterocycles. The first-order valence-electron chi connectivity index (χ1n) is 7.46. The normalized spacial score (nSPS) is 24.4. The predicted octanol–water partition coefficient (Wildman–Crippen LogP) is 1.60. The lowest BCUT2D eigenvalue weighted by atomic mass is 10.0. The van der Waals surface area contributed by atoms with Crippen molar-refractivity contribution in [2.24, 2.45) is 5.73 Å². The predicted molar refractivity (Wildman–Crippen MR) is 84.0 cm³/mol. The Bertz CT molecular complexity index is 418. The van der Waals surface area contributed by atoms with Gasteiger partial charge < -0.3 is 20.6 Å². The zero-order valence-electron chi connectivity index (χ0n) is 12.8. The summed E-state index contributed by atoms with van der Waals surface area (Å²) in [5, 5.41) is 9.94. The smallest absolute Gasteiger partial charge is 0.0735 e. The van der Waals surface area contributed by atoms with E-state index in [1.54, 1.807) is 0 Å². The van der Waals surface area contributed by atoms with Crippen LogP contribution in [0.4, 0.5) is 5.69 Å². The van der Waals surface area contributed by atoms with Crippen molar-refractivity contribution in [1.82, 2.24) is 4.90 Å². The van der Waals surface area contributed by atoms with E-state index in [1.165, 1.54) is 11.3 Å². The van der Waals surface area contributed by atoms with Gasteiger partial charge in [-0.15, -0.1) is 0 Å². The third-order valence-electron chi connectivity index (χ3n) is 4.06. The van der Waals surface area contributed by atoms with E-state index in [1.807, 2.05) is 0 Å². The number of benzene rings is 1. The Balaban J connectivity index is 2.12. The number of likely N-dealkylation sites (N-methyl/N-ethyl adjacent to an activating group) is 1. The van der Waals surface area contributed by atoms with Crippen LogP contribution in [-0.2, 0) is 0 Å². The Kier molecular flexibility index (Phi) is 5.02. The number of β-amino-alcohol motifs (C(OH)–C–C–N with tert-alkyl or cyclic N) is 1. The molecule has 112 valence electrons. The van der Waals surface area contributed by atoms with Crippen molar-refractivity contribution in [3.05, 3.63) is 29.8 Å². The largest absolute Gasteiger partial charge is 0.391 e. The highest BCUT2D eigenvalue weighted by molar-refractivity contribution is 5.50. The molecule has 3 atom stereocenters. The van der Waals surface area contributed by atoms with Crippen molar-refractivity contribution < 1.29 is 5.11 Å². The van der Waals surface area contributed by atoms with E-state index in [0.717, 1.165) is 25.9 Å². The molecule has 3 N–H and O–H groups in total. The summed E-state index contributed by atoms with van der Waals surface area (Å²) < 4.78 is 0. The summed E-state index contributed by atoms with van der Waals surface area (Å²) in [6.45, 7) is 3.79. The molecule has 0 saturated carbocycles. The lowest BCUT2D eigenvalue weighted by Crippen LogP contribution is -2.37. The monoisotopic (exact) mass is 277 g/mol. The summed E-state index contributed by atoms with van der Waals surface area (Å²) >= 11 is 0. The fourth-order valence-electron chi connectivity index (χ4n) is 2.95. The molecule has 1 aromatic carbocycles. The SMILES string of the molecule is CCC(N)c1ccc(N2CC(O)CC2CN(C)C)cc1. The number of hydrogen-bond donors (Lipinski definition) is 2. The molecule has 1 heterocycles. The quantitative estimate of drug-likeness (QED) is 0.858. The summed E-state index contributed by atoms with van der Waals surface area (Å²) in [6, 6.07) is 8.98. The van der Waals surface area contributed by atoms with Crippen LogP contribution in [0.1, 0.15) is 31.4 Å². The van der Waals surface area contributed by atoms with E-state index < -0.39 is 0 Å². The minimum absolute atomic E-state index is 0.116. The van der Waals surface area contributed by atoms with Crippen LogP contribution in [0.5, 0.6) is 0 Å². The van der Waals surface area contributed by atoms with Gasteiger partial charge in [0, 0.05) is 30.9 Å². The van der Waals surface area contributed by atoms with Gasteiger partial charge in [0.25, 0.3) is 0 Å². The van der Waals surface area contributed by atoms with Crippen molar-refractivity contribution in [3.63, 3.8) is 0 Å². The average molecular weight is 277 g/mol. The molecule has 20 heavy (non-hydrogen) atoms. The van der Waals surface area contributed by atoms with Crippen molar-refractivity contribution in [3.8, 4) is 0 Å². The van der Waals surface area contributed by atoms with Gasteiger partial charge in [-0.05, 0) is 44.6 Å². The molecule has 0 amide bonds. The lowest BCUT2D eigenvalue weighted by Gasteiger charge is -2.29. The first-order valence-corrected chi connectivity index (χ1v) is 7.46. The maximum absolute atomic E-state index is 9.94. The van der Waals surface area contributed by atoms with Crippen molar-refractivity contribution in [2.75, 3.05) is 32.1 Å². The van der Waals surface area contributed by atoms with E-state index >= 15 is 0 Å². The molecule has 0 radical (unpaired) electrons. The van der Waals surface area contributed by atoms with Gasteiger partial charge in [-0.1, -0.05) is 19.1 Å². The van der Waals surface area contributed by atoms with Crippen LogP contribution in [0.15, 0.2) is 24.3 Å². The second-order valence-electron chi connectivity index (χ2n) is 6.06. The molecule has 0 aliphatic carbocycles. The second kappa shape index (κ2) is 6.57. The summed E-state index contributed by atoms with van der Waals surface area (Å²) in [5.74, 6) is 0. The molecule has 1 aliphatic rings. The molecule has 4 heteroatoms. The molecule has 2 rings (SSSR count). The van der Waals surface area contributed by atoms with Crippen LogP contribution in [-0.4, -0.2) is 49.3 Å². The topological polar surface area (TPSA) is 52.7 Å². The summed E-state index contributed by atoms with van der Waals surface area (Å²) in [6.07, 6.45) is 1.57.